The second-order valence-corrected chi connectivity index (χ2v) is 11.3. The average molecular weight is 551 g/mol. The lowest BCUT2D eigenvalue weighted by Crippen LogP contribution is -2.41. The second kappa shape index (κ2) is 8.94. The van der Waals surface area contributed by atoms with Crippen molar-refractivity contribution in [2.24, 2.45) is 0 Å². The quantitative estimate of drug-likeness (QED) is 0.0851. The highest BCUT2D eigenvalue weighted by Gasteiger charge is 2.65. The van der Waals surface area contributed by atoms with E-state index in [9.17, 15) is 47.5 Å². The van der Waals surface area contributed by atoms with Gasteiger partial charge in [0.2, 0.25) is 6.10 Å². The molecule has 0 radical (unpaired) electrons. The SMILES string of the molecule is O=C(OCCSSCCO[N+](=O)[O-])C1=Cc2cc(S(F)(F)(F)(F)F)ccc2OC1C(F)(F)F. The van der Waals surface area contributed by atoms with E-state index in [2.05, 4.69) is 14.3 Å². The fourth-order valence-corrected chi connectivity index (χ4v) is 4.66. The van der Waals surface area contributed by atoms with Crippen LogP contribution in [-0.4, -0.2) is 48.1 Å². The van der Waals surface area contributed by atoms with Crippen LogP contribution in [0.5, 0.6) is 5.75 Å². The number of nitrogens with zero attached hydrogens (tertiary/aromatic N) is 1. The molecule has 0 amide bonds. The minimum absolute atomic E-state index is 0.0463. The Labute approximate surface area is 188 Å². The number of hydrogen-bond donors (Lipinski definition) is 0. The first-order valence-corrected chi connectivity index (χ1v) is 12.8. The Balaban J connectivity index is 2.12. The maximum atomic E-state index is 13.3. The Bertz CT molecular complexity index is 954. The summed E-state index contributed by atoms with van der Waals surface area (Å²) in [6, 6.07) is 0.114. The van der Waals surface area contributed by atoms with Gasteiger partial charge in [0.15, 0.2) is 0 Å². The van der Waals surface area contributed by atoms with Crippen LogP contribution in [0.15, 0.2) is 28.7 Å². The molecular formula is C15H13F8NO6S3. The molecule has 0 spiro atoms. The zero-order valence-corrected chi connectivity index (χ0v) is 18.3. The van der Waals surface area contributed by atoms with Gasteiger partial charge in [0.05, 0.1) is 5.57 Å². The number of fused-ring (bicyclic) bond motifs is 1. The maximum absolute atomic E-state index is 13.3. The van der Waals surface area contributed by atoms with E-state index >= 15 is 0 Å². The molecule has 0 saturated heterocycles. The molecule has 1 unspecified atom stereocenters. The van der Waals surface area contributed by atoms with Gasteiger partial charge in [-0.1, -0.05) is 41.0 Å². The summed E-state index contributed by atoms with van der Waals surface area (Å²) >= 11 is 0. The molecule has 2 rings (SSSR count). The van der Waals surface area contributed by atoms with Crippen LogP contribution in [0, 0.1) is 10.1 Å². The van der Waals surface area contributed by atoms with Crippen molar-refractivity contribution in [3.05, 3.63) is 39.4 Å². The van der Waals surface area contributed by atoms with Crippen LogP contribution in [0.3, 0.4) is 0 Å². The number of esters is 1. The molecular weight excluding hydrogens is 538 g/mol. The summed E-state index contributed by atoms with van der Waals surface area (Å²) in [4.78, 5) is 23.8. The van der Waals surface area contributed by atoms with Gasteiger partial charge in [0, 0.05) is 17.1 Å². The van der Waals surface area contributed by atoms with Crippen molar-refractivity contribution in [1.82, 2.24) is 0 Å². The summed E-state index contributed by atoms with van der Waals surface area (Å²) in [7, 11) is -8.00. The van der Waals surface area contributed by atoms with Gasteiger partial charge in [-0.05, 0) is 24.3 Å². The van der Waals surface area contributed by atoms with E-state index in [0.29, 0.717) is 12.1 Å². The molecule has 0 saturated carbocycles. The topological polar surface area (TPSA) is 87.9 Å². The third-order valence-corrected chi connectivity index (χ3v) is 7.12. The Morgan fingerprint density at radius 1 is 1.12 bits per heavy atom. The molecule has 7 nitrogen and oxygen atoms in total. The standard InChI is InChI=1S/C15H13F8NO6S3/c16-15(17,18)13-11(14(25)28-3-5-31-32-6-4-29-24(26)27)8-9-7-10(1-2-12(9)30-13)33(19,20,21,22)23/h1-2,7-8,13H,3-6H2. The Morgan fingerprint density at radius 3 is 2.27 bits per heavy atom. The normalized spacial score (nSPS) is 18.2. The van der Waals surface area contributed by atoms with Gasteiger partial charge in [0.25, 0.3) is 5.09 Å². The number of hydrogen-bond acceptors (Lipinski definition) is 8. The van der Waals surface area contributed by atoms with E-state index in [0.717, 1.165) is 21.6 Å². The summed E-state index contributed by atoms with van der Waals surface area (Å²) in [6.07, 6.45) is -7.68. The first kappa shape index (κ1) is 27.2. The highest BCUT2D eigenvalue weighted by Crippen LogP contribution is 3.02. The fourth-order valence-electron chi connectivity index (χ4n) is 2.34. The maximum Gasteiger partial charge on any atom is 0.430 e. The average Bonchev–Trinajstić information content (AvgIpc) is 2.65. The first-order chi connectivity index (χ1) is 14.9. The van der Waals surface area contributed by atoms with Gasteiger partial charge in [-0.15, -0.1) is 10.1 Å². The number of carbonyl (C=O) groups is 1. The molecule has 1 atom stereocenters. The number of benzene rings is 1. The summed E-state index contributed by atoms with van der Waals surface area (Å²) in [6.45, 7) is -0.644. The molecule has 188 valence electrons. The van der Waals surface area contributed by atoms with E-state index in [1.807, 2.05) is 0 Å². The highest BCUT2D eigenvalue weighted by atomic mass is 33.1. The van der Waals surface area contributed by atoms with Crippen LogP contribution in [0.1, 0.15) is 5.56 Å². The molecule has 0 N–H and O–H groups in total. The van der Waals surface area contributed by atoms with Crippen LogP contribution < -0.4 is 4.74 Å². The minimum Gasteiger partial charge on any atom is -0.475 e. The van der Waals surface area contributed by atoms with Crippen molar-refractivity contribution in [2.75, 3.05) is 24.7 Å². The van der Waals surface area contributed by atoms with Crippen molar-refractivity contribution < 1.29 is 56.8 Å². The number of carbonyl (C=O) groups excluding carboxylic acids is 1. The molecule has 0 fully saturated rings. The van der Waals surface area contributed by atoms with Crippen LogP contribution in [0.25, 0.3) is 6.08 Å². The fraction of sp³-hybridized carbons (Fsp3) is 0.400. The summed E-state index contributed by atoms with van der Waals surface area (Å²) < 4.78 is 114. The zero-order valence-electron chi connectivity index (χ0n) is 15.9. The monoisotopic (exact) mass is 551 g/mol. The third-order valence-electron chi connectivity index (χ3n) is 3.64. The lowest BCUT2D eigenvalue weighted by Gasteiger charge is -2.41. The number of halogens is 8. The zero-order chi connectivity index (χ0) is 25.1. The molecule has 18 heteroatoms. The van der Waals surface area contributed by atoms with Gasteiger partial charge in [-0.2, -0.15) is 13.2 Å². The summed E-state index contributed by atoms with van der Waals surface area (Å²) in [5.41, 5.74) is -2.02. The number of rotatable bonds is 10. The highest BCUT2D eigenvalue weighted by molar-refractivity contribution is 8.76. The van der Waals surface area contributed by atoms with Crippen molar-refractivity contribution in [1.29, 1.82) is 0 Å². The third kappa shape index (κ3) is 8.02. The van der Waals surface area contributed by atoms with Gasteiger partial charge in [0.1, 0.15) is 23.9 Å². The van der Waals surface area contributed by atoms with Crippen LogP contribution >= 0.6 is 31.8 Å². The molecule has 0 bridgehead atoms. The summed E-state index contributed by atoms with van der Waals surface area (Å²) in [5.74, 6) is -2.11. The molecule has 0 aliphatic carbocycles. The van der Waals surface area contributed by atoms with Crippen LogP contribution in [0.4, 0.5) is 32.6 Å². The smallest absolute Gasteiger partial charge is 0.430 e. The molecule has 1 heterocycles. The van der Waals surface area contributed by atoms with E-state index in [1.165, 1.54) is 0 Å². The lowest BCUT2D eigenvalue weighted by molar-refractivity contribution is -0.756. The van der Waals surface area contributed by atoms with Gasteiger partial charge < -0.3 is 14.3 Å². The predicted molar refractivity (Wildman–Crippen MR) is 105 cm³/mol. The Kier molecular flexibility index (Phi) is 7.36. The second-order valence-electron chi connectivity index (χ2n) is 6.14. The van der Waals surface area contributed by atoms with E-state index in [1.54, 1.807) is 0 Å². The van der Waals surface area contributed by atoms with E-state index < -0.39 is 61.9 Å². The summed E-state index contributed by atoms with van der Waals surface area (Å²) in [5, 5.41) is 8.96. The number of ether oxygens (including phenoxy) is 2. The largest absolute Gasteiger partial charge is 0.475 e. The lowest BCUT2D eigenvalue weighted by atomic mass is 10.0. The van der Waals surface area contributed by atoms with Crippen LogP contribution in [0.2, 0.25) is 0 Å². The molecule has 1 aliphatic heterocycles. The molecule has 1 aliphatic rings. The Hall–Kier alpha value is -2.08. The number of alkyl halides is 3. The van der Waals surface area contributed by atoms with Crippen molar-refractivity contribution in [3.63, 3.8) is 0 Å². The van der Waals surface area contributed by atoms with E-state index in [-0.39, 0.29) is 30.2 Å². The molecule has 0 aromatic heterocycles. The molecule has 33 heavy (non-hydrogen) atoms. The van der Waals surface area contributed by atoms with Crippen molar-refractivity contribution in [2.45, 2.75) is 17.2 Å². The van der Waals surface area contributed by atoms with Crippen LogP contribution in [-0.2, 0) is 14.4 Å². The predicted octanol–water partition coefficient (Wildman–Crippen LogP) is 6.18. The molecule has 1 aromatic rings. The Morgan fingerprint density at radius 2 is 1.73 bits per heavy atom. The minimum atomic E-state index is -10.1. The van der Waals surface area contributed by atoms with Gasteiger partial charge in [-0.3, -0.25) is 0 Å². The van der Waals surface area contributed by atoms with Crippen molar-refractivity contribution in [3.8, 4) is 5.75 Å². The van der Waals surface area contributed by atoms with E-state index in [4.69, 9.17) is 0 Å². The van der Waals surface area contributed by atoms with Gasteiger partial charge >= 0.3 is 22.4 Å². The molecule has 1 aromatic carbocycles. The van der Waals surface area contributed by atoms with Gasteiger partial charge in [-0.25, -0.2) is 4.79 Å². The first-order valence-electron chi connectivity index (χ1n) is 8.40. The van der Waals surface area contributed by atoms with Crippen molar-refractivity contribution >= 4 is 43.9 Å².